The van der Waals surface area contributed by atoms with Gasteiger partial charge in [-0.05, 0) is 51.6 Å². The average Bonchev–Trinajstić information content (AvgIpc) is 2.92. The zero-order valence-electron chi connectivity index (χ0n) is 9.96. The molecule has 0 amide bonds. The van der Waals surface area contributed by atoms with Gasteiger partial charge in [-0.1, -0.05) is 0 Å². The van der Waals surface area contributed by atoms with Gasteiger partial charge in [0.05, 0.1) is 33.9 Å². The van der Waals surface area contributed by atoms with Gasteiger partial charge in [-0.3, -0.25) is 0 Å². The molecule has 6 heteroatoms. The van der Waals surface area contributed by atoms with Gasteiger partial charge in [-0.2, -0.15) is 0 Å². The number of hydrogen-bond donors (Lipinski definition) is 0. The summed E-state index contributed by atoms with van der Waals surface area (Å²) in [7, 11) is 3.35. The van der Waals surface area contributed by atoms with Crippen LogP contribution >= 0.6 is 45.2 Å². The number of benzene rings is 1. The molecule has 2 aliphatic rings. The van der Waals surface area contributed by atoms with Crippen molar-refractivity contribution in [1.29, 1.82) is 0 Å². The first-order valence-corrected chi connectivity index (χ1v) is 7.75. The maximum absolute atomic E-state index is 5.91. The zero-order chi connectivity index (χ0) is 12.9. The van der Waals surface area contributed by atoms with Crippen molar-refractivity contribution in [3.05, 3.63) is 12.7 Å². The van der Waals surface area contributed by atoms with Crippen molar-refractivity contribution in [3.63, 3.8) is 0 Å². The Morgan fingerprint density at radius 1 is 1.11 bits per heavy atom. The second-order valence-corrected chi connectivity index (χ2v) is 6.35. The van der Waals surface area contributed by atoms with E-state index in [-0.39, 0.29) is 12.2 Å². The molecule has 1 fully saturated rings. The summed E-state index contributed by atoms with van der Waals surface area (Å²) in [6, 6.07) is 0. The lowest BCUT2D eigenvalue weighted by molar-refractivity contribution is -0.0342. The number of halogens is 2. The summed E-state index contributed by atoms with van der Waals surface area (Å²) < 4.78 is 24.5. The van der Waals surface area contributed by atoms with Crippen LogP contribution < -0.4 is 14.2 Å². The third-order valence-electron chi connectivity index (χ3n) is 3.34. The second-order valence-electron chi connectivity index (χ2n) is 4.19. The summed E-state index contributed by atoms with van der Waals surface area (Å²) in [5.74, 6) is 2.81. The van der Waals surface area contributed by atoms with Crippen LogP contribution in [0.5, 0.6) is 17.2 Å². The fourth-order valence-electron chi connectivity index (χ4n) is 2.55. The Hall–Kier alpha value is 0.0400. The Balaban J connectivity index is 2.24. The molecular formula is C12H12I2O4. The lowest BCUT2D eigenvalue weighted by Crippen LogP contribution is -2.14. The highest BCUT2D eigenvalue weighted by molar-refractivity contribution is 14.1. The molecule has 0 bridgehead atoms. The third-order valence-corrected chi connectivity index (χ3v) is 5.30. The van der Waals surface area contributed by atoms with Crippen molar-refractivity contribution >= 4 is 45.2 Å². The maximum atomic E-state index is 5.91. The minimum absolute atomic E-state index is 0.162. The molecule has 0 N–H and O–H groups in total. The number of fused-ring (bicyclic) bond motifs is 3. The monoisotopic (exact) mass is 474 g/mol. The van der Waals surface area contributed by atoms with Gasteiger partial charge < -0.3 is 18.9 Å². The number of methoxy groups -OCH3 is 2. The highest BCUT2D eigenvalue weighted by Gasteiger charge is 2.44. The van der Waals surface area contributed by atoms with Crippen molar-refractivity contribution in [2.75, 3.05) is 20.8 Å². The van der Waals surface area contributed by atoms with Gasteiger partial charge in [-0.25, -0.2) is 0 Å². The van der Waals surface area contributed by atoms with Crippen LogP contribution in [-0.2, 0) is 4.74 Å². The van der Waals surface area contributed by atoms with Gasteiger partial charge in [0.15, 0.2) is 5.75 Å². The van der Waals surface area contributed by atoms with Crippen LogP contribution in [0.4, 0.5) is 0 Å². The van der Waals surface area contributed by atoms with Gasteiger partial charge in [0.1, 0.15) is 11.5 Å². The molecule has 3 rings (SSSR count). The molecule has 98 valence electrons. The van der Waals surface area contributed by atoms with E-state index in [9.17, 15) is 0 Å². The Morgan fingerprint density at radius 3 is 2.50 bits per heavy atom. The largest absolute Gasteiger partial charge is 0.495 e. The number of hydrogen-bond acceptors (Lipinski definition) is 4. The highest BCUT2D eigenvalue weighted by Crippen LogP contribution is 2.55. The first kappa shape index (κ1) is 13.0. The quantitative estimate of drug-likeness (QED) is 0.618. The summed E-state index contributed by atoms with van der Waals surface area (Å²) in [4.78, 5) is 0. The van der Waals surface area contributed by atoms with Gasteiger partial charge in [0.2, 0.25) is 6.29 Å². The smallest absolute Gasteiger partial charge is 0.207 e. The highest BCUT2D eigenvalue weighted by atomic mass is 127. The molecule has 4 nitrogen and oxygen atoms in total. The number of rotatable bonds is 2. The standard InChI is InChI=1S/C12H12I2O4/c1-15-9-6-5-3-4-17-12(5)18-10(6)8(14)11(16-2)7(9)13/h5,12H,3-4H2,1-2H3/t5-,12+/m1/s1. The van der Waals surface area contributed by atoms with Gasteiger partial charge in [0, 0.05) is 5.56 Å². The first-order chi connectivity index (χ1) is 8.69. The van der Waals surface area contributed by atoms with E-state index in [2.05, 4.69) is 45.2 Å². The fraction of sp³-hybridized carbons (Fsp3) is 0.500. The fourth-order valence-corrected chi connectivity index (χ4v) is 4.97. The van der Waals surface area contributed by atoms with Crippen LogP contribution in [0, 0.1) is 7.14 Å². The minimum Gasteiger partial charge on any atom is -0.495 e. The van der Waals surface area contributed by atoms with Crippen molar-refractivity contribution in [1.82, 2.24) is 0 Å². The van der Waals surface area contributed by atoms with E-state index in [4.69, 9.17) is 18.9 Å². The first-order valence-electron chi connectivity index (χ1n) is 5.60. The second kappa shape index (κ2) is 4.86. The van der Waals surface area contributed by atoms with Gasteiger partial charge >= 0.3 is 0 Å². The van der Waals surface area contributed by atoms with Crippen molar-refractivity contribution in [2.24, 2.45) is 0 Å². The molecule has 2 heterocycles. The van der Waals surface area contributed by atoms with Gasteiger partial charge in [0.25, 0.3) is 0 Å². The van der Waals surface area contributed by atoms with E-state index in [0.29, 0.717) is 0 Å². The molecule has 0 spiro atoms. The molecule has 0 aromatic heterocycles. The molecule has 0 radical (unpaired) electrons. The molecule has 0 saturated carbocycles. The lowest BCUT2D eigenvalue weighted by Gasteiger charge is -2.16. The Kier molecular flexibility index (Phi) is 3.52. The van der Waals surface area contributed by atoms with Crippen LogP contribution in [0.25, 0.3) is 0 Å². The molecule has 2 atom stereocenters. The van der Waals surface area contributed by atoms with E-state index in [1.165, 1.54) is 0 Å². The predicted molar refractivity (Wildman–Crippen MR) is 82.7 cm³/mol. The van der Waals surface area contributed by atoms with Crippen LogP contribution in [0.15, 0.2) is 0 Å². The van der Waals surface area contributed by atoms with Crippen molar-refractivity contribution in [2.45, 2.75) is 18.6 Å². The van der Waals surface area contributed by atoms with E-state index in [1.807, 2.05) is 0 Å². The summed E-state index contributed by atoms with van der Waals surface area (Å²) in [6.45, 7) is 0.747. The van der Waals surface area contributed by atoms with Gasteiger partial charge in [-0.15, -0.1) is 0 Å². The molecular weight excluding hydrogens is 462 g/mol. The molecule has 0 aliphatic carbocycles. The van der Waals surface area contributed by atoms with E-state index < -0.39 is 0 Å². The summed E-state index contributed by atoms with van der Waals surface area (Å²) in [6.07, 6.45) is 0.817. The topological polar surface area (TPSA) is 36.9 Å². The van der Waals surface area contributed by atoms with Crippen LogP contribution in [0.1, 0.15) is 17.9 Å². The Labute approximate surface area is 133 Å². The van der Waals surface area contributed by atoms with E-state index in [0.717, 1.165) is 43.0 Å². The average molecular weight is 474 g/mol. The SMILES string of the molecule is COc1c(I)c(OC)c2c(c1I)O[C@@H]1OCC[C@H]21. The lowest BCUT2D eigenvalue weighted by atomic mass is 9.97. The van der Waals surface area contributed by atoms with Crippen LogP contribution in [0.3, 0.4) is 0 Å². The molecule has 0 unspecified atom stereocenters. The number of ether oxygens (including phenoxy) is 4. The van der Waals surface area contributed by atoms with Crippen molar-refractivity contribution in [3.8, 4) is 17.2 Å². The van der Waals surface area contributed by atoms with E-state index in [1.54, 1.807) is 14.2 Å². The summed E-state index contributed by atoms with van der Waals surface area (Å²) in [5, 5.41) is 0. The molecule has 18 heavy (non-hydrogen) atoms. The van der Waals surface area contributed by atoms with Crippen LogP contribution in [-0.4, -0.2) is 27.1 Å². The zero-order valence-corrected chi connectivity index (χ0v) is 14.3. The summed E-state index contributed by atoms with van der Waals surface area (Å²) >= 11 is 4.52. The minimum atomic E-state index is -0.162. The Morgan fingerprint density at radius 2 is 1.83 bits per heavy atom. The molecule has 2 aliphatic heterocycles. The maximum Gasteiger partial charge on any atom is 0.207 e. The van der Waals surface area contributed by atoms with E-state index >= 15 is 0 Å². The Bertz CT molecular complexity index is 504. The predicted octanol–water partition coefficient (Wildman–Crippen LogP) is 3.14. The normalized spacial score (nSPS) is 24.4. The van der Waals surface area contributed by atoms with Crippen molar-refractivity contribution < 1.29 is 18.9 Å². The van der Waals surface area contributed by atoms with Crippen LogP contribution in [0.2, 0.25) is 0 Å². The molecule has 1 aromatic carbocycles. The molecule has 1 aromatic rings. The summed E-state index contributed by atoms with van der Waals surface area (Å²) in [5.41, 5.74) is 1.13. The molecule has 1 saturated heterocycles. The third kappa shape index (κ3) is 1.71.